The van der Waals surface area contributed by atoms with Crippen LogP contribution in [0.3, 0.4) is 0 Å². The molecule has 8 nitrogen and oxygen atoms in total. The number of nitrogens with one attached hydrogen (secondary N) is 1. The molecule has 2 aromatic carbocycles. The highest BCUT2D eigenvalue weighted by Gasteiger charge is 2.30. The van der Waals surface area contributed by atoms with Crippen LogP contribution in [0.5, 0.6) is 0 Å². The van der Waals surface area contributed by atoms with Crippen LogP contribution in [0, 0.1) is 24.0 Å². The quantitative estimate of drug-likeness (QED) is 0.268. The molecule has 0 aliphatic rings. The van der Waals surface area contributed by atoms with E-state index in [9.17, 15) is 19.7 Å². The molecule has 3 rings (SSSR count). The molecule has 1 N–H and O–H groups in total. The number of carbonyl (C=O) groups is 2. The molecule has 176 valence electrons. The van der Waals surface area contributed by atoms with E-state index < -0.39 is 22.4 Å². The zero-order valence-corrected chi connectivity index (χ0v) is 20.3. The number of hydrogen-bond donors (Lipinski definition) is 1. The number of nitrogens with zero attached hydrogens (tertiary/aromatic N) is 3. The van der Waals surface area contributed by atoms with Gasteiger partial charge in [-0.1, -0.05) is 43.6 Å². The van der Waals surface area contributed by atoms with E-state index in [2.05, 4.69) is 24.1 Å². The molecule has 0 spiro atoms. The Morgan fingerprint density at radius 2 is 1.71 bits per heavy atom. The number of halogens is 1. The molecule has 0 saturated heterocycles. The Balaban J connectivity index is 2.02. The molecule has 0 aliphatic heterocycles. The first kappa shape index (κ1) is 24.9. The van der Waals surface area contributed by atoms with E-state index in [1.807, 2.05) is 26.0 Å². The second kappa shape index (κ2) is 10.0. The van der Waals surface area contributed by atoms with Crippen molar-refractivity contribution in [1.29, 1.82) is 0 Å². The summed E-state index contributed by atoms with van der Waals surface area (Å²) in [5.41, 5.74) is 2.86. The predicted molar refractivity (Wildman–Crippen MR) is 133 cm³/mol. The summed E-state index contributed by atoms with van der Waals surface area (Å²) in [6, 6.07) is 11.3. The van der Waals surface area contributed by atoms with E-state index in [0.29, 0.717) is 11.6 Å². The summed E-state index contributed by atoms with van der Waals surface area (Å²) in [4.78, 5) is 42.5. The monoisotopic (exact) mass is 480 g/mol. The normalized spacial score (nSPS) is 10.8. The average Bonchev–Trinajstić information content (AvgIpc) is 2.79. The summed E-state index contributed by atoms with van der Waals surface area (Å²) in [7, 11) is 1.38. The van der Waals surface area contributed by atoms with E-state index in [-0.39, 0.29) is 22.0 Å². The number of aromatic nitrogens is 1. The van der Waals surface area contributed by atoms with Crippen LogP contribution in [0.25, 0.3) is 0 Å². The highest BCUT2D eigenvalue weighted by Crippen LogP contribution is 2.34. The molecular formula is C25H25ClN4O4. The van der Waals surface area contributed by atoms with Gasteiger partial charge in [-0.15, -0.1) is 0 Å². The number of anilines is 2. The number of pyridine rings is 1. The van der Waals surface area contributed by atoms with Gasteiger partial charge < -0.3 is 10.2 Å². The minimum atomic E-state index is -0.666. The summed E-state index contributed by atoms with van der Waals surface area (Å²) in [6.45, 7) is 7.92. The Labute approximate surface area is 202 Å². The molecule has 9 heteroatoms. The smallest absolute Gasteiger partial charge is 0.305 e. The topological polar surface area (TPSA) is 105 Å². The molecule has 0 saturated carbocycles. The van der Waals surface area contributed by atoms with Gasteiger partial charge in [-0.2, -0.15) is 0 Å². The van der Waals surface area contributed by atoms with Gasteiger partial charge in [-0.05, 0) is 60.7 Å². The predicted octanol–water partition coefficient (Wildman–Crippen LogP) is 5.91. The Kier molecular flexibility index (Phi) is 7.32. The maximum absolute atomic E-state index is 13.2. The van der Waals surface area contributed by atoms with Gasteiger partial charge in [-0.3, -0.25) is 19.7 Å². The number of amides is 2. The molecule has 1 heterocycles. The van der Waals surface area contributed by atoms with Crippen molar-refractivity contribution in [3.63, 3.8) is 0 Å². The number of nitro groups is 1. The third-order valence-electron chi connectivity index (χ3n) is 5.56. The number of nitro benzene ring substituents is 1. The maximum Gasteiger partial charge on any atom is 0.305 e. The van der Waals surface area contributed by atoms with Gasteiger partial charge in [-0.25, -0.2) is 4.98 Å². The Hall–Kier alpha value is -3.78. The zero-order chi connectivity index (χ0) is 25.2. The molecule has 0 radical (unpaired) electrons. The number of rotatable bonds is 6. The summed E-state index contributed by atoms with van der Waals surface area (Å²) < 4.78 is 0. The van der Waals surface area contributed by atoms with Gasteiger partial charge in [0.25, 0.3) is 11.8 Å². The van der Waals surface area contributed by atoms with E-state index in [0.717, 1.165) is 21.6 Å². The second-order valence-electron chi connectivity index (χ2n) is 8.27. The van der Waals surface area contributed by atoms with Crippen molar-refractivity contribution in [2.45, 2.75) is 33.6 Å². The van der Waals surface area contributed by atoms with Crippen LogP contribution >= 0.6 is 11.6 Å². The molecular weight excluding hydrogens is 456 g/mol. The zero-order valence-electron chi connectivity index (χ0n) is 19.5. The molecule has 2 amide bonds. The van der Waals surface area contributed by atoms with Gasteiger partial charge in [0.05, 0.1) is 10.5 Å². The van der Waals surface area contributed by atoms with Crippen LogP contribution in [-0.4, -0.2) is 28.8 Å². The number of aryl methyl sites for hydroxylation is 2. The largest absolute Gasteiger partial charge is 0.321 e. The fourth-order valence-corrected chi connectivity index (χ4v) is 3.92. The fourth-order valence-electron chi connectivity index (χ4n) is 3.72. The van der Waals surface area contributed by atoms with Crippen LogP contribution in [0.2, 0.25) is 5.15 Å². The fraction of sp³-hybridized carbons (Fsp3) is 0.240. The highest BCUT2D eigenvalue weighted by molar-refractivity contribution is 6.33. The Morgan fingerprint density at radius 1 is 1.09 bits per heavy atom. The SMILES string of the molecule is Cc1cc(C(C)C)cc(C)c1NC(=O)c1cccc(N(C)C(=O)c2cccnc2Cl)c1[N+](=O)[O-]. The van der Waals surface area contributed by atoms with E-state index in [1.165, 1.54) is 37.5 Å². The first-order chi connectivity index (χ1) is 16.0. The van der Waals surface area contributed by atoms with Gasteiger partial charge in [0, 0.05) is 18.9 Å². The summed E-state index contributed by atoms with van der Waals surface area (Å²) in [5.74, 6) is -0.909. The average molecular weight is 481 g/mol. The van der Waals surface area contributed by atoms with E-state index >= 15 is 0 Å². The van der Waals surface area contributed by atoms with Crippen molar-refractivity contribution in [1.82, 2.24) is 4.98 Å². The van der Waals surface area contributed by atoms with Crippen molar-refractivity contribution in [2.24, 2.45) is 0 Å². The van der Waals surface area contributed by atoms with Crippen molar-refractivity contribution >= 4 is 40.5 Å². The summed E-state index contributed by atoms with van der Waals surface area (Å²) >= 11 is 6.03. The molecule has 0 unspecified atom stereocenters. The molecule has 0 aliphatic carbocycles. The third kappa shape index (κ3) is 4.92. The standard InChI is InChI=1S/C25H25ClN4O4/c1-14(2)17-12-15(3)21(16(4)13-17)28-24(31)18-8-6-10-20(22(18)30(33)34)29(5)25(32)19-9-7-11-27-23(19)26/h6-14H,1-5H3,(H,28,31). The lowest BCUT2D eigenvalue weighted by atomic mass is 9.96. The number of hydrogen-bond acceptors (Lipinski definition) is 5. The van der Waals surface area contributed by atoms with Gasteiger partial charge >= 0.3 is 5.69 Å². The van der Waals surface area contributed by atoms with Crippen LogP contribution in [0.15, 0.2) is 48.7 Å². The molecule has 3 aromatic rings. The first-order valence-electron chi connectivity index (χ1n) is 10.6. The molecule has 0 fully saturated rings. The summed E-state index contributed by atoms with van der Waals surface area (Å²) in [6.07, 6.45) is 1.43. The number of benzene rings is 2. The van der Waals surface area contributed by atoms with Crippen molar-refractivity contribution in [3.8, 4) is 0 Å². The van der Waals surface area contributed by atoms with Crippen LogP contribution < -0.4 is 10.2 Å². The lowest BCUT2D eigenvalue weighted by Crippen LogP contribution is -2.28. The Morgan fingerprint density at radius 3 is 2.26 bits per heavy atom. The third-order valence-corrected chi connectivity index (χ3v) is 5.86. The van der Waals surface area contributed by atoms with Crippen molar-refractivity contribution in [3.05, 3.63) is 91.7 Å². The molecule has 1 aromatic heterocycles. The minimum Gasteiger partial charge on any atom is -0.321 e. The van der Waals surface area contributed by atoms with Crippen LogP contribution in [0.1, 0.15) is 57.2 Å². The highest BCUT2D eigenvalue weighted by atomic mass is 35.5. The summed E-state index contributed by atoms with van der Waals surface area (Å²) in [5, 5.41) is 14.8. The van der Waals surface area contributed by atoms with Crippen LogP contribution in [0.4, 0.5) is 17.1 Å². The maximum atomic E-state index is 13.2. The van der Waals surface area contributed by atoms with Gasteiger partial charge in [0.2, 0.25) is 0 Å². The first-order valence-corrected chi connectivity index (χ1v) is 11.0. The minimum absolute atomic E-state index is 0.0216. The lowest BCUT2D eigenvalue weighted by Gasteiger charge is -2.19. The van der Waals surface area contributed by atoms with Crippen LogP contribution in [-0.2, 0) is 0 Å². The van der Waals surface area contributed by atoms with Crippen molar-refractivity contribution in [2.75, 3.05) is 17.3 Å². The molecule has 34 heavy (non-hydrogen) atoms. The van der Waals surface area contributed by atoms with Gasteiger partial charge in [0.15, 0.2) is 0 Å². The number of para-hydroxylation sites is 1. The number of carbonyl (C=O) groups excluding carboxylic acids is 2. The molecule has 0 atom stereocenters. The lowest BCUT2D eigenvalue weighted by molar-refractivity contribution is -0.384. The van der Waals surface area contributed by atoms with Gasteiger partial charge in [0.1, 0.15) is 16.4 Å². The second-order valence-corrected chi connectivity index (χ2v) is 8.63. The van der Waals surface area contributed by atoms with E-state index in [1.54, 1.807) is 6.07 Å². The molecule has 0 bridgehead atoms. The Bertz CT molecular complexity index is 1270. The van der Waals surface area contributed by atoms with E-state index in [4.69, 9.17) is 11.6 Å². The van der Waals surface area contributed by atoms with Crippen molar-refractivity contribution < 1.29 is 14.5 Å².